The average Bonchev–Trinajstić information content (AvgIpc) is 3.17. The monoisotopic (exact) mass is 633 g/mol. The molecule has 6 aromatic rings. The van der Waals surface area contributed by atoms with Crippen LogP contribution in [0.15, 0.2) is 164 Å². The predicted molar refractivity (Wildman–Crippen MR) is 210 cm³/mol. The van der Waals surface area contributed by atoms with Gasteiger partial charge in [0.15, 0.2) is 0 Å². The molecule has 3 atom stereocenters. The number of para-hydroxylation sites is 1. The van der Waals surface area contributed by atoms with Crippen LogP contribution in [0, 0.1) is 6.92 Å². The van der Waals surface area contributed by atoms with Crippen LogP contribution >= 0.6 is 0 Å². The van der Waals surface area contributed by atoms with E-state index in [0.717, 1.165) is 19.3 Å². The van der Waals surface area contributed by atoms with Crippen molar-refractivity contribution >= 4 is 33.8 Å². The summed E-state index contributed by atoms with van der Waals surface area (Å²) in [5.41, 5.74) is 13.4. The van der Waals surface area contributed by atoms with E-state index >= 15 is 0 Å². The average molecular weight is 634 g/mol. The molecule has 240 valence electrons. The molecule has 0 N–H and O–H groups in total. The molecule has 0 aliphatic heterocycles. The van der Waals surface area contributed by atoms with Crippen LogP contribution in [0.5, 0.6) is 0 Å². The lowest BCUT2D eigenvalue weighted by molar-refractivity contribution is 0.661. The number of hydrogen-bond acceptors (Lipinski definition) is 1. The third-order valence-electron chi connectivity index (χ3n) is 10.7. The first-order valence-corrected chi connectivity index (χ1v) is 17.8. The van der Waals surface area contributed by atoms with Gasteiger partial charge >= 0.3 is 0 Å². The Morgan fingerprint density at radius 2 is 1.39 bits per heavy atom. The van der Waals surface area contributed by atoms with Crippen molar-refractivity contribution in [3.05, 3.63) is 203 Å². The zero-order valence-electron chi connectivity index (χ0n) is 28.5. The predicted octanol–water partition coefficient (Wildman–Crippen LogP) is 12.6. The second-order valence-electron chi connectivity index (χ2n) is 13.6. The summed E-state index contributed by atoms with van der Waals surface area (Å²) >= 11 is 0. The van der Waals surface area contributed by atoms with Crippen LogP contribution in [-0.2, 0) is 6.42 Å². The fourth-order valence-electron chi connectivity index (χ4n) is 8.11. The highest BCUT2D eigenvalue weighted by Crippen LogP contribution is 2.42. The van der Waals surface area contributed by atoms with E-state index < -0.39 is 0 Å². The molecule has 0 aromatic heterocycles. The summed E-state index contributed by atoms with van der Waals surface area (Å²) in [7, 11) is 0. The van der Waals surface area contributed by atoms with E-state index in [-0.39, 0.29) is 12.0 Å². The zero-order chi connectivity index (χ0) is 33.2. The van der Waals surface area contributed by atoms with E-state index in [4.69, 9.17) is 0 Å². The number of hydrogen-bond donors (Lipinski definition) is 0. The molecule has 0 fully saturated rings. The molecular formula is C48H43N. The molecule has 49 heavy (non-hydrogen) atoms. The molecule has 2 aliphatic rings. The molecule has 2 aliphatic carbocycles. The standard InChI is InChI=1S/C48H43N/c1-34-14-6-11-24-46(34)49(47-25-13-20-40-16-8-10-22-44(40)47)42-32-30-38(31-33-42)37-28-26-36(27-29-37)35(2)48(41-17-4-3-5-18-41)45-23-12-19-39-15-7-9-21-43(39)45/h3-9,11-21,23-32,35,42,48H,10,22,33H2,1-2H3/t35-,42?,48?/m1/s1. The van der Waals surface area contributed by atoms with Gasteiger partial charge in [0.05, 0.1) is 6.04 Å². The summed E-state index contributed by atoms with van der Waals surface area (Å²) in [5, 5.41) is 2.63. The molecule has 8 rings (SSSR count). The maximum absolute atomic E-state index is 2.58. The fraction of sp³-hybridized carbons (Fsp3) is 0.167. The minimum atomic E-state index is 0.244. The first-order valence-electron chi connectivity index (χ1n) is 17.8. The van der Waals surface area contributed by atoms with Crippen LogP contribution < -0.4 is 4.90 Å². The molecule has 2 unspecified atom stereocenters. The van der Waals surface area contributed by atoms with Gasteiger partial charge in [-0.2, -0.15) is 0 Å². The van der Waals surface area contributed by atoms with E-state index in [1.54, 1.807) is 0 Å². The van der Waals surface area contributed by atoms with Gasteiger partial charge in [-0.25, -0.2) is 0 Å². The van der Waals surface area contributed by atoms with E-state index in [1.165, 1.54) is 66.7 Å². The molecule has 1 nitrogen and oxygen atoms in total. The summed E-state index contributed by atoms with van der Waals surface area (Å²) in [6, 6.07) is 51.8. The Labute approximate surface area is 291 Å². The Bertz CT molecular complexity index is 2180. The van der Waals surface area contributed by atoms with Crippen LogP contribution in [0.2, 0.25) is 0 Å². The lowest BCUT2D eigenvalue weighted by Crippen LogP contribution is -2.31. The number of rotatable bonds is 8. The summed E-state index contributed by atoms with van der Waals surface area (Å²) in [6.07, 6.45) is 14.9. The van der Waals surface area contributed by atoms with E-state index in [9.17, 15) is 0 Å². The molecule has 0 radical (unpaired) electrons. The Hall–Kier alpha value is -5.40. The number of allylic oxidation sites excluding steroid dienone is 3. The van der Waals surface area contributed by atoms with Crippen molar-refractivity contribution in [2.75, 3.05) is 4.90 Å². The topological polar surface area (TPSA) is 3.24 Å². The quantitative estimate of drug-likeness (QED) is 0.161. The molecule has 0 saturated heterocycles. The zero-order valence-corrected chi connectivity index (χ0v) is 28.5. The van der Waals surface area contributed by atoms with Crippen LogP contribution in [0.3, 0.4) is 0 Å². The highest BCUT2D eigenvalue weighted by Gasteiger charge is 2.27. The third kappa shape index (κ3) is 6.07. The number of nitrogens with zero attached hydrogens (tertiary/aromatic N) is 1. The normalized spacial score (nSPS) is 16.5. The first-order chi connectivity index (χ1) is 24.2. The van der Waals surface area contributed by atoms with Gasteiger partial charge in [0.1, 0.15) is 0 Å². The lowest BCUT2D eigenvalue weighted by Gasteiger charge is -2.36. The SMILES string of the molecule is Cc1ccccc1N(c1cccc2c1CCC=C2)C1C=CC(c2ccc([C@@H](C)C(c3ccccc3)c3cccc4ccccc34)cc2)=CC1. The van der Waals surface area contributed by atoms with Crippen molar-refractivity contribution in [3.8, 4) is 0 Å². The summed E-state index contributed by atoms with van der Waals surface area (Å²) in [6.45, 7) is 4.62. The number of benzene rings is 6. The second kappa shape index (κ2) is 13.6. The van der Waals surface area contributed by atoms with Crippen LogP contribution in [0.25, 0.3) is 22.4 Å². The van der Waals surface area contributed by atoms with Gasteiger partial charge in [-0.05, 0) is 99.5 Å². The summed E-state index contributed by atoms with van der Waals surface area (Å²) in [4.78, 5) is 2.58. The summed E-state index contributed by atoms with van der Waals surface area (Å²) < 4.78 is 0. The Kier molecular flexibility index (Phi) is 8.58. The smallest absolute Gasteiger partial charge is 0.0560 e. The third-order valence-corrected chi connectivity index (χ3v) is 10.7. The molecule has 0 amide bonds. The molecule has 0 heterocycles. The van der Waals surface area contributed by atoms with Gasteiger partial charge < -0.3 is 4.90 Å². The van der Waals surface area contributed by atoms with Crippen LogP contribution in [0.1, 0.15) is 70.5 Å². The van der Waals surface area contributed by atoms with Gasteiger partial charge in [0, 0.05) is 17.3 Å². The van der Waals surface area contributed by atoms with Crippen molar-refractivity contribution in [1.82, 2.24) is 0 Å². The largest absolute Gasteiger partial charge is 0.334 e. The molecule has 0 bridgehead atoms. The van der Waals surface area contributed by atoms with Crippen molar-refractivity contribution in [2.45, 2.75) is 51.0 Å². The van der Waals surface area contributed by atoms with E-state index in [0.29, 0.717) is 5.92 Å². The molecule has 0 saturated carbocycles. The lowest BCUT2D eigenvalue weighted by atomic mass is 9.76. The maximum atomic E-state index is 2.58. The van der Waals surface area contributed by atoms with Crippen molar-refractivity contribution in [1.29, 1.82) is 0 Å². The first kappa shape index (κ1) is 30.9. The van der Waals surface area contributed by atoms with Gasteiger partial charge in [0.25, 0.3) is 0 Å². The Morgan fingerprint density at radius 1 is 0.653 bits per heavy atom. The van der Waals surface area contributed by atoms with Crippen molar-refractivity contribution < 1.29 is 0 Å². The number of aryl methyl sites for hydroxylation is 1. The van der Waals surface area contributed by atoms with Gasteiger partial charge in [-0.1, -0.05) is 165 Å². The second-order valence-corrected chi connectivity index (χ2v) is 13.6. The Morgan fingerprint density at radius 3 is 2.20 bits per heavy atom. The van der Waals surface area contributed by atoms with Gasteiger partial charge in [0.2, 0.25) is 0 Å². The van der Waals surface area contributed by atoms with E-state index in [2.05, 4.69) is 189 Å². The van der Waals surface area contributed by atoms with Gasteiger partial charge in [-0.15, -0.1) is 0 Å². The van der Waals surface area contributed by atoms with Gasteiger partial charge in [-0.3, -0.25) is 0 Å². The van der Waals surface area contributed by atoms with Crippen LogP contribution in [0.4, 0.5) is 11.4 Å². The number of anilines is 2. The summed E-state index contributed by atoms with van der Waals surface area (Å²) in [5.74, 6) is 0.552. The molecule has 6 aromatic carbocycles. The molecule has 1 heteroatoms. The highest BCUT2D eigenvalue weighted by molar-refractivity contribution is 5.87. The minimum absolute atomic E-state index is 0.244. The van der Waals surface area contributed by atoms with Crippen molar-refractivity contribution in [3.63, 3.8) is 0 Å². The van der Waals surface area contributed by atoms with E-state index in [1.807, 2.05) is 0 Å². The maximum Gasteiger partial charge on any atom is 0.0560 e. The highest BCUT2D eigenvalue weighted by atomic mass is 15.2. The molecule has 0 spiro atoms. The Balaban J connectivity index is 1.08. The molecular weight excluding hydrogens is 591 g/mol. The van der Waals surface area contributed by atoms with Crippen LogP contribution in [-0.4, -0.2) is 6.04 Å². The van der Waals surface area contributed by atoms with Crippen molar-refractivity contribution in [2.24, 2.45) is 0 Å². The fourth-order valence-corrected chi connectivity index (χ4v) is 8.11. The number of fused-ring (bicyclic) bond motifs is 2. The minimum Gasteiger partial charge on any atom is -0.334 e.